The number of aliphatic hydroxyl groups excluding tert-OH is 1. The number of carbonyl (C=O) groups excluding carboxylic acids is 2. The minimum atomic E-state index is -1.25. The maximum atomic E-state index is 13.1. The third-order valence-corrected chi connectivity index (χ3v) is 4.90. The largest absolute Gasteiger partial charge is 0.511 e. The molecule has 2 amide bonds. The van der Waals surface area contributed by atoms with Crippen molar-refractivity contribution in [1.29, 1.82) is 0 Å². The van der Waals surface area contributed by atoms with Gasteiger partial charge < -0.3 is 20.4 Å². The van der Waals surface area contributed by atoms with E-state index in [9.17, 15) is 23.9 Å². The van der Waals surface area contributed by atoms with Crippen molar-refractivity contribution < 1.29 is 29.0 Å². The van der Waals surface area contributed by atoms with Gasteiger partial charge in [-0.15, -0.1) is 0 Å². The van der Waals surface area contributed by atoms with Crippen LogP contribution in [0.4, 0.5) is 4.39 Å². The molecule has 0 spiro atoms. The fourth-order valence-corrected chi connectivity index (χ4v) is 3.30. The molecule has 1 aliphatic heterocycles. The van der Waals surface area contributed by atoms with Crippen molar-refractivity contribution in [3.05, 3.63) is 71.2 Å². The van der Waals surface area contributed by atoms with E-state index in [4.69, 9.17) is 5.11 Å². The number of carboxylic acids is 1. The summed E-state index contributed by atoms with van der Waals surface area (Å²) in [6.07, 6.45) is 0.0925. The Balaban J connectivity index is 1.75. The number of carbonyl (C=O) groups is 3. The van der Waals surface area contributed by atoms with Crippen LogP contribution in [0, 0.1) is 5.82 Å². The standard InChI is InChI=1S/C22H21FN2O5/c1-13-10-18(26)20(21(29)24-11-19(27)28)22(30)25(13)12-14-2-4-15(5-3-14)16-6-8-17(23)9-7-16/h2-9,13,26H,10-12H2,1H3,(H,24,29)(H,27,28). The molecule has 2 aromatic rings. The lowest BCUT2D eigenvalue weighted by Crippen LogP contribution is -2.47. The first-order chi connectivity index (χ1) is 14.3. The number of hydrogen-bond donors (Lipinski definition) is 3. The second kappa shape index (κ2) is 8.77. The van der Waals surface area contributed by atoms with Gasteiger partial charge in [-0.3, -0.25) is 14.4 Å². The molecule has 0 saturated carbocycles. The van der Waals surface area contributed by atoms with E-state index in [0.29, 0.717) is 0 Å². The minimum Gasteiger partial charge on any atom is -0.511 e. The summed E-state index contributed by atoms with van der Waals surface area (Å²) in [5.74, 6) is -3.48. The number of carboxylic acid groups (broad SMARTS) is 1. The van der Waals surface area contributed by atoms with Crippen molar-refractivity contribution in [2.24, 2.45) is 0 Å². The molecule has 8 heteroatoms. The van der Waals surface area contributed by atoms with Crippen LogP contribution < -0.4 is 5.32 Å². The summed E-state index contributed by atoms with van der Waals surface area (Å²) in [5.41, 5.74) is 2.13. The number of aliphatic carboxylic acids is 1. The Bertz CT molecular complexity index is 999. The van der Waals surface area contributed by atoms with E-state index in [0.717, 1.165) is 16.7 Å². The van der Waals surface area contributed by atoms with Crippen LogP contribution in [-0.4, -0.2) is 45.5 Å². The molecule has 2 aromatic carbocycles. The van der Waals surface area contributed by atoms with Gasteiger partial charge in [0.15, 0.2) is 0 Å². The number of rotatable bonds is 6. The molecule has 1 heterocycles. The van der Waals surface area contributed by atoms with Gasteiger partial charge >= 0.3 is 5.97 Å². The Morgan fingerprint density at radius 2 is 1.67 bits per heavy atom. The number of aliphatic hydroxyl groups is 1. The second-order valence-corrected chi connectivity index (χ2v) is 7.09. The van der Waals surface area contributed by atoms with E-state index >= 15 is 0 Å². The van der Waals surface area contributed by atoms with Crippen LogP contribution in [0.2, 0.25) is 0 Å². The molecule has 1 aliphatic rings. The fraction of sp³-hybridized carbons (Fsp3) is 0.227. The predicted octanol–water partition coefficient (Wildman–Crippen LogP) is 2.63. The quantitative estimate of drug-likeness (QED) is 0.633. The predicted molar refractivity (Wildman–Crippen MR) is 107 cm³/mol. The molecule has 0 fully saturated rings. The molecule has 3 N–H and O–H groups in total. The van der Waals surface area contributed by atoms with Crippen molar-refractivity contribution in [1.82, 2.24) is 10.2 Å². The molecule has 30 heavy (non-hydrogen) atoms. The normalized spacial score (nSPS) is 16.5. The van der Waals surface area contributed by atoms with Crippen LogP contribution in [0.5, 0.6) is 0 Å². The number of amides is 2. The average molecular weight is 412 g/mol. The van der Waals surface area contributed by atoms with Crippen molar-refractivity contribution in [2.45, 2.75) is 25.9 Å². The summed E-state index contributed by atoms with van der Waals surface area (Å²) in [6, 6.07) is 13.2. The summed E-state index contributed by atoms with van der Waals surface area (Å²) in [5, 5.41) is 20.9. The van der Waals surface area contributed by atoms with Crippen LogP contribution in [0.1, 0.15) is 18.9 Å². The van der Waals surface area contributed by atoms with Gasteiger partial charge in [-0.25, -0.2) is 4.39 Å². The monoisotopic (exact) mass is 412 g/mol. The summed E-state index contributed by atoms with van der Waals surface area (Å²) in [7, 11) is 0. The first-order valence-electron chi connectivity index (χ1n) is 9.34. The molecular weight excluding hydrogens is 391 g/mol. The lowest BCUT2D eigenvalue weighted by atomic mass is 9.98. The Labute approximate surface area is 172 Å². The topological polar surface area (TPSA) is 107 Å². The van der Waals surface area contributed by atoms with E-state index in [1.807, 2.05) is 24.3 Å². The zero-order valence-corrected chi connectivity index (χ0v) is 16.3. The minimum absolute atomic E-state index is 0.0925. The van der Waals surface area contributed by atoms with Gasteiger partial charge in [-0.2, -0.15) is 0 Å². The molecule has 0 saturated heterocycles. The highest BCUT2D eigenvalue weighted by Crippen LogP contribution is 2.26. The van der Waals surface area contributed by atoms with Gasteiger partial charge in [0.1, 0.15) is 23.7 Å². The summed E-state index contributed by atoms with van der Waals surface area (Å²) in [6.45, 7) is 1.32. The smallest absolute Gasteiger partial charge is 0.322 e. The second-order valence-electron chi connectivity index (χ2n) is 7.09. The summed E-state index contributed by atoms with van der Waals surface area (Å²) in [4.78, 5) is 37.1. The average Bonchev–Trinajstić information content (AvgIpc) is 2.70. The lowest BCUT2D eigenvalue weighted by Gasteiger charge is -2.34. The number of benzene rings is 2. The van der Waals surface area contributed by atoms with Gasteiger partial charge in [0.25, 0.3) is 11.8 Å². The Morgan fingerprint density at radius 1 is 1.10 bits per heavy atom. The van der Waals surface area contributed by atoms with E-state index in [2.05, 4.69) is 5.32 Å². The SMILES string of the molecule is CC1CC(O)=C(C(=O)NCC(=O)O)C(=O)N1Cc1ccc(-c2ccc(F)cc2)cc1. The fourth-order valence-electron chi connectivity index (χ4n) is 3.30. The molecule has 7 nitrogen and oxygen atoms in total. The van der Waals surface area contributed by atoms with Gasteiger partial charge in [0.2, 0.25) is 0 Å². The summed E-state index contributed by atoms with van der Waals surface area (Å²) < 4.78 is 13.1. The van der Waals surface area contributed by atoms with Gasteiger partial charge in [0.05, 0.1) is 0 Å². The molecule has 0 aromatic heterocycles. The molecule has 0 aliphatic carbocycles. The van der Waals surface area contributed by atoms with Crippen LogP contribution in [0.3, 0.4) is 0 Å². The maximum Gasteiger partial charge on any atom is 0.322 e. The van der Waals surface area contributed by atoms with E-state index in [1.165, 1.54) is 17.0 Å². The maximum absolute atomic E-state index is 13.1. The number of nitrogens with one attached hydrogen (secondary N) is 1. The van der Waals surface area contributed by atoms with E-state index < -0.39 is 29.9 Å². The third-order valence-electron chi connectivity index (χ3n) is 4.90. The van der Waals surface area contributed by atoms with Crippen LogP contribution in [-0.2, 0) is 20.9 Å². The zero-order valence-electron chi connectivity index (χ0n) is 16.3. The molecular formula is C22H21FN2O5. The van der Waals surface area contributed by atoms with E-state index in [1.54, 1.807) is 19.1 Å². The van der Waals surface area contributed by atoms with Gasteiger partial charge in [0, 0.05) is 19.0 Å². The highest BCUT2D eigenvalue weighted by molar-refractivity contribution is 6.19. The van der Waals surface area contributed by atoms with Crippen molar-refractivity contribution >= 4 is 17.8 Å². The Morgan fingerprint density at radius 3 is 2.23 bits per heavy atom. The Kier molecular flexibility index (Phi) is 6.15. The van der Waals surface area contributed by atoms with Crippen LogP contribution in [0.15, 0.2) is 59.9 Å². The summed E-state index contributed by atoms with van der Waals surface area (Å²) >= 11 is 0. The number of hydrogen-bond acceptors (Lipinski definition) is 4. The lowest BCUT2D eigenvalue weighted by molar-refractivity contribution is -0.139. The zero-order chi connectivity index (χ0) is 21.8. The van der Waals surface area contributed by atoms with E-state index in [-0.39, 0.29) is 30.6 Å². The molecule has 156 valence electrons. The highest BCUT2D eigenvalue weighted by Gasteiger charge is 2.36. The number of halogens is 1. The molecule has 1 atom stereocenters. The first kappa shape index (κ1) is 21.0. The van der Waals surface area contributed by atoms with Gasteiger partial charge in [-0.05, 0) is 35.7 Å². The van der Waals surface area contributed by atoms with Crippen LogP contribution in [0.25, 0.3) is 11.1 Å². The molecule has 0 bridgehead atoms. The van der Waals surface area contributed by atoms with Crippen molar-refractivity contribution in [3.8, 4) is 11.1 Å². The number of nitrogens with zero attached hydrogens (tertiary/aromatic N) is 1. The van der Waals surface area contributed by atoms with Crippen molar-refractivity contribution in [3.63, 3.8) is 0 Å². The first-order valence-corrected chi connectivity index (χ1v) is 9.34. The van der Waals surface area contributed by atoms with Crippen LogP contribution >= 0.6 is 0 Å². The third kappa shape index (κ3) is 4.65. The van der Waals surface area contributed by atoms with Crippen molar-refractivity contribution in [2.75, 3.05) is 6.54 Å². The molecule has 0 radical (unpaired) electrons. The highest BCUT2D eigenvalue weighted by atomic mass is 19.1. The Hall–Kier alpha value is -3.68. The molecule has 1 unspecified atom stereocenters. The molecule has 3 rings (SSSR count). The van der Waals surface area contributed by atoms with Gasteiger partial charge in [-0.1, -0.05) is 36.4 Å².